The fraction of sp³-hybridized carbons (Fsp3) is 0.571. The van der Waals surface area contributed by atoms with Crippen LogP contribution in [0.3, 0.4) is 0 Å². The van der Waals surface area contributed by atoms with E-state index in [9.17, 15) is 8.42 Å². The molecule has 0 radical (unpaired) electrons. The standard InChI is InChI=1S/C14H24N2O3S/c1-5-10-15-13-8-6-7-9-14(13)20(17,18)16(3)12(2)11-19-4/h6-9,12,15H,5,10-11H2,1-4H3. The highest BCUT2D eigenvalue weighted by Crippen LogP contribution is 2.24. The van der Waals surface area contributed by atoms with Gasteiger partial charge in [0, 0.05) is 26.7 Å². The molecule has 0 saturated heterocycles. The van der Waals surface area contributed by atoms with Crippen molar-refractivity contribution in [3.8, 4) is 0 Å². The highest BCUT2D eigenvalue weighted by Gasteiger charge is 2.27. The van der Waals surface area contributed by atoms with E-state index in [1.807, 2.05) is 19.9 Å². The molecule has 0 aromatic heterocycles. The van der Waals surface area contributed by atoms with Crippen LogP contribution < -0.4 is 5.32 Å². The van der Waals surface area contributed by atoms with Gasteiger partial charge in [0.25, 0.3) is 0 Å². The van der Waals surface area contributed by atoms with Gasteiger partial charge in [-0.25, -0.2) is 8.42 Å². The number of hydrogen-bond acceptors (Lipinski definition) is 4. The first-order valence-electron chi connectivity index (χ1n) is 6.75. The molecule has 1 aromatic rings. The number of rotatable bonds is 8. The van der Waals surface area contributed by atoms with Crippen molar-refractivity contribution in [2.24, 2.45) is 0 Å². The van der Waals surface area contributed by atoms with Gasteiger partial charge in [0.1, 0.15) is 4.90 Å². The number of methoxy groups -OCH3 is 1. The van der Waals surface area contributed by atoms with Gasteiger partial charge in [-0.3, -0.25) is 0 Å². The Morgan fingerprint density at radius 1 is 1.35 bits per heavy atom. The minimum Gasteiger partial charge on any atom is -0.384 e. The number of ether oxygens (including phenoxy) is 1. The normalized spacial score (nSPS) is 13.4. The van der Waals surface area contributed by atoms with E-state index in [0.29, 0.717) is 17.2 Å². The molecule has 0 aliphatic carbocycles. The van der Waals surface area contributed by atoms with Crippen molar-refractivity contribution in [3.05, 3.63) is 24.3 Å². The molecule has 5 nitrogen and oxygen atoms in total. The van der Waals surface area contributed by atoms with Crippen LogP contribution in [0.15, 0.2) is 29.2 Å². The third-order valence-electron chi connectivity index (χ3n) is 3.14. The molecule has 1 atom stereocenters. The van der Waals surface area contributed by atoms with Crippen LogP contribution >= 0.6 is 0 Å². The Morgan fingerprint density at radius 2 is 2.00 bits per heavy atom. The predicted octanol–water partition coefficient (Wildman–Crippen LogP) is 2.16. The zero-order chi connectivity index (χ0) is 15.2. The Morgan fingerprint density at radius 3 is 2.60 bits per heavy atom. The van der Waals surface area contributed by atoms with E-state index < -0.39 is 10.0 Å². The molecular formula is C14H24N2O3S. The minimum atomic E-state index is -3.53. The van der Waals surface area contributed by atoms with Crippen molar-refractivity contribution in [2.75, 3.05) is 32.6 Å². The van der Waals surface area contributed by atoms with Crippen molar-refractivity contribution >= 4 is 15.7 Å². The van der Waals surface area contributed by atoms with Crippen LogP contribution in [-0.4, -0.2) is 46.1 Å². The Labute approximate surface area is 122 Å². The summed E-state index contributed by atoms with van der Waals surface area (Å²) < 4.78 is 31.7. The number of nitrogens with one attached hydrogen (secondary N) is 1. The van der Waals surface area contributed by atoms with E-state index in [2.05, 4.69) is 5.32 Å². The van der Waals surface area contributed by atoms with Gasteiger partial charge in [0.15, 0.2) is 0 Å². The molecule has 1 N–H and O–H groups in total. The first-order valence-corrected chi connectivity index (χ1v) is 8.19. The molecule has 0 aliphatic rings. The number of likely N-dealkylation sites (N-methyl/N-ethyl adjacent to an activating group) is 1. The lowest BCUT2D eigenvalue weighted by Crippen LogP contribution is -2.38. The second kappa shape index (κ2) is 7.61. The monoisotopic (exact) mass is 300 g/mol. The van der Waals surface area contributed by atoms with E-state index >= 15 is 0 Å². The summed E-state index contributed by atoms with van der Waals surface area (Å²) in [6, 6.07) is 6.76. The van der Waals surface area contributed by atoms with Gasteiger partial charge < -0.3 is 10.1 Å². The molecule has 1 rings (SSSR count). The second-order valence-corrected chi connectivity index (χ2v) is 6.71. The molecule has 0 amide bonds. The zero-order valence-corrected chi connectivity index (χ0v) is 13.4. The highest BCUT2D eigenvalue weighted by molar-refractivity contribution is 7.89. The third-order valence-corrected chi connectivity index (χ3v) is 5.17. The molecule has 114 valence electrons. The molecule has 6 heteroatoms. The Hall–Kier alpha value is -1.11. The van der Waals surface area contributed by atoms with E-state index in [1.54, 1.807) is 32.4 Å². The fourth-order valence-corrected chi connectivity index (χ4v) is 3.35. The lowest BCUT2D eigenvalue weighted by Gasteiger charge is -2.25. The molecule has 0 saturated carbocycles. The number of hydrogen-bond donors (Lipinski definition) is 1. The summed E-state index contributed by atoms with van der Waals surface area (Å²) in [6.45, 7) is 4.96. The Bertz CT molecular complexity index is 517. The van der Waals surface area contributed by atoms with E-state index in [1.165, 1.54) is 4.31 Å². The van der Waals surface area contributed by atoms with E-state index in [-0.39, 0.29) is 6.04 Å². The number of sulfonamides is 1. The van der Waals surface area contributed by atoms with Gasteiger partial charge >= 0.3 is 0 Å². The van der Waals surface area contributed by atoms with Crippen LogP contribution in [0.25, 0.3) is 0 Å². The minimum absolute atomic E-state index is 0.218. The predicted molar refractivity (Wildman–Crippen MR) is 81.5 cm³/mol. The lowest BCUT2D eigenvalue weighted by atomic mass is 10.3. The van der Waals surface area contributed by atoms with Crippen LogP contribution in [-0.2, 0) is 14.8 Å². The SMILES string of the molecule is CCCNc1ccccc1S(=O)(=O)N(C)C(C)COC. The number of para-hydroxylation sites is 1. The molecule has 0 heterocycles. The third kappa shape index (κ3) is 3.94. The molecule has 1 aromatic carbocycles. The second-order valence-electron chi connectivity index (χ2n) is 4.75. The van der Waals surface area contributed by atoms with Crippen LogP contribution in [0, 0.1) is 0 Å². The molecule has 1 unspecified atom stereocenters. The summed E-state index contributed by atoms with van der Waals surface area (Å²) >= 11 is 0. The Balaban J connectivity index is 3.08. The van der Waals surface area contributed by atoms with Gasteiger partial charge in [-0.05, 0) is 25.5 Å². The van der Waals surface area contributed by atoms with Gasteiger partial charge in [-0.1, -0.05) is 19.1 Å². The number of nitrogens with zero attached hydrogens (tertiary/aromatic N) is 1. The van der Waals surface area contributed by atoms with Crippen molar-refractivity contribution < 1.29 is 13.2 Å². The van der Waals surface area contributed by atoms with Gasteiger partial charge in [0.2, 0.25) is 10.0 Å². The summed E-state index contributed by atoms with van der Waals surface area (Å²) in [5.41, 5.74) is 0.644. The van der Waals surface area contributed by atoms with Crippen molar-refractivity contribution in [1.82, 2.24) is 4.31 Å². The largest absolute Gasteiger partial charge is 0.384 e. The van der Waals surface area contributed by atoms with Crippen LogP contribution in [0.5, 0.6) is 0 Å². The average Bonchev–Trinajstić information content (AvgIpc) is 2.44. The van der Waals surface area contributed by atoms with E-state index in [0.717, 1.165) is 13.0 Å². The smallest absolute Gasteiger partial charge is 0.245 e. The van der Waals surface area contributed by atoms with Crippen molar-refractivity contribution in [3.63, 3.8) is 0 Å². The van der Waals surface area contributed by atoms with Crippen LogP contribution in [0.4, 0.5) is 5.69 Å². The molecule has 0 aliphatic heterocycles. The molecule has 0 fully saturated rings. The summed E-state index contributed by atoms with van der Waals surface area (Å²) in [4.78, 5) is 0.305. The summed E-state index contributed by atoms with van der Waals surface area (Å²) in [5.74, 6) is 0. The maximum absolute atomic E-state index is 12.7. The first kappa shape index (κ1) is 16.9. The van der Waals surface area contributed by atoms with Crippen molar-refractivity contribution in [1.29, 1.82) is 0 Å². The molecule has 20 heavy (non-hydrogen) atoms. The molecule has 0 spiro atoms. The maximum atomic E-state index is 12.7. The van der Waals surface area contributed by atoms with Gasteiger partial charge in [-0.2, -0.15) is 4.31 Å². The molecular weight excluding hydrogens is 276 g/mol. The van der Waals surface area contributed by atoms with E-state index in [4.69, 9.17) is 4.74 Å². The van der Waals surface area contributed by atoms with Gasteiger partial charge in [0.05, 0.1) is 12.3 Å². The number of benzene rings is 1. The average molecular weight is 300 g/mol. The quantitative estimate of drug-likeness (QED) is 0.799. The Kier molecular flexibility index (Phi) is 6.45. The number of anilines is 1. The summed E-state index contributed by atoms with van der Waals surface area (Å²) in [7, 11) is -0.388. The molecule has 0 bridgehead atoms. The van der Waals surface area contributed by atoms with Gasteiger partial charge in [-0.15, -0.1) is 0 Å². The maximum Gasteiger partial charge on any atom is 0.245 e. The fourth-order valence-electron chi connectivity index (χ4n) is 1.84. The van der Waals surface area contributed by atoms with Crippen molar-refractivity contribution in [2.45, 2.75) is 31.2 Å². The topological polar surface area (TPSA) is 58.6 Å². The zero-order valence-electron chi connectivity index (χ0n) is 12.6. The van der Waals surface area contributed by atoms with Crippen LogP contribution in [0.2, 0.25) is 0 Å². The van der Waals surface area contributed by atoms with Crippen LogP contribution in [0.1, 0.15) is 20.3 Å². The highest BCUT2D eigenvalue weighted by atomic mass is 32.2. The summed E-state index contributed by atoms with van der Waals surface area (Å²) in [6.07, 6.45) is 0.935. The lowest BCUT2D eigenvalue weighted by molar-refractivity contribution is 0.149. The summed E-state index contributed by atoms with van der Waals surface area (Å²) in [5, 5.41) is 3.16. The first-order chi connectivity index (χ1) is 9.45.